The molecule has 0 saturated heterocycles. The van der Waals surface area contributed by atoms with Crippen molar-refractivity contribution in [3.05, 3.63) is 11.1 Å². The predicted octanol–water partition coefficient (Wildman–Crippen LogP) is 2.15. The summed E-state index contributed by atoms with van der Waals surface area (Å²) in [6, 6.07) is 0. The second-order valence-corrected chi connectivity index (χ2v) is 2.12. The highest BCUT2D eigenvalue weighted by molar-refractivity contribution is 5.88. The van der Waals surface area contributed by atoms with Gasteiger partial charge in [0.25, 0.3) is 0 Å². The van der Waals surface area contributed by atoms with E-state index in [1.807, 2.05) is 13.8 Å². The summed E-state index contributed by atoms with van der Waals surface area (Å²) in [5, 5.41) is 0. The van der Waals surface area contributed by atoms with Gasteiger partial charge in [-0.2, -0.15) is 0 Å². The molecule has 0 aliphatic heterocycles. The predicted molar refractivity (Wildman–Crippen MR) is 42.8 cm³/mol. The number of esters is 1. The van der Waals surface area contributed by atoms with E-state index < -0.39 is 0 Å². The number of allylic oxidation sites excluding steroid dienone is 1. The van der Waals surface area contributed by atoms with E-state index in [0.29, 0.717) is 5.57 Å². The van der Waals surface area contributed by atoms with Gasteiger partial charge in [-0.3, -0.25) is 0 Å². The van der Waals surface area contributed by atoms with E-state index in [9.17, 15) is 4.79 Å². The molecule has 0 aromatic carbocycles. The number of rotatable bonds is 1. The zero-order chi connectivity index (χ0) is 7.44. The maximum absolute atomic E-state index is 10.7. The van der Waals surface area contributed by atoms with Crippen molar-refractivity contribution in [3.8, 4) is 0 Å². The molecule has 0 radical (unpaired) electrons. The van der Waals surface area contributed by atoms with Gasteiger partial charge in [-0.05, 0) is 20.8 Å². The third-order valence-corrected chi connectivity index (χ3v) is 1.24. The standard InChI is InChI=1S/C7H12O2.CH4/c1-5(2)6(3)7(8)9-4;/h1-4H3;1H4. The Hall–Kier alpha value is -0.790. The van der Waals surface area contributed by atoms with Crippen LogP contribution in [0.3, 0.4) is 0 Å². The van der Waals surface area contributed by atoms with Crippen molar-refractivity contribution in [2.75, 3.05) is 7.11 Å². The molecule has 0 heterocycles. The molecule has 0 aromatic heterocycles. The number of hydrogen-bond acceptors (Lipinski definition) is 2. The van der Waals surface area contributed by atoms with Crippen LogP contribution in [0, 0.1) is 0 Å². The maximum Gasteiger partial charge on any atom is 0.333 e. The molecule has 60 valence electrons. The molecular formula is C8H16O2. The van der Waals surface area contributed by atoms with Crippen LogP contribution in [-0.4, -0.2) is 13.1 Å². The molecular weight excluding hydrogens is 128 g/mol. The van der Waals surface area contributed by atoms with Crippen LogP contribution < -0.4 is 0 Å². The fraction of sp³-hybridized carbons (Fsp3) is 0.625. The van der Waals surface area contributed by atoms with Gasteiger partial charge in [0.05, 0.1) is 7.11 Å². The van der Waals surface area contributed by atoms with Gasteiger partial charge in [0.1, 0.15) is 0 Å². The lowest BCUT2D eigenvalue weighted by Crippen LogP contribution is -2.02. The minimum Gasteiger partial charge on any atom is -0.466 e. The lowest BCUT2D eigenvalue weighted by Gasteiger charge is -1.98. The molecule has 0 bridgehead atoms. The van der Waals surface area contributed by atoms with E-state index in [4.69, 9.17) is 0 Å². The Balaban J connectivity index is 0. The van der Waals surface area contributed by atoms with Gasteiger partial charge < -0.3 is 4.74 Å². The Morgan fingerprint density at radius 1 is 1.20 bits per heavy atom. The second kappa shape index (κ2) is 5.03. The molecule has 0 rings (SSSR count). The van der Waals surface area contributed by atoms with E-state index in [0.717, 1.165) is 5.57 Å². The molecule has 0 aliphatic rings. The zero-order valence-corrected chi connectivity index (χ0v) is 6.32. The van der Waals surface area contributed by atoms with Crippen LogP contribution >= 0.6 is 0 Å². The summed E-state index contributed by atoms with van der Waals surface area (Å²) in [4.78, 5) is 10.7. The number of ether oxygens (including phenoxy) is 1. The van der Waals surface area contributed by atoms with Gasteiger partial charge in [-0.25, -0.2) is 4.79 Å². The van der Waals surface area contributed by atoms with Gasteiger partial charge in [0.2, 0.25) is 0 Å². The largest absolute Gasteiger partial charge is 0.466 e. The first-order valence-corrected chi connectivity index (χ1v) is 2.82. The van der Waals surface area contributed by atoms with E-state index in [1.54, 1.807) is 6.92 Å². The van der Waals surface area contributed by atoms with Crippen LogP contribution in [0.15, 0.2) is 11.1 Å². The summed E-state index contributed by atoms with van der Waals surface area (Å²) >= 11 is 0. The monoisotopic (exact) mass is 144 g/mol. The summed E-state index contributed by atoms with van der Waals surface area (Å²) in [5.41, 5.74) is 1.69. The summed E-state index contributed by atoms with van der Waals surface area (Å²) in [5.74, 6) is -0.241. The van der Waals surface area contributed by atoms with E-state index >= 15 is 0 Å². The fourth-order valence-electron chi connectivity index (χ4n) is 0.357. The normalized spacial score (nSPS) is 7.60. The lowest BCUT2D eigenvalue weighted by molar-refractivity contribution is -0.136. The summed E-state index contributed by atoms with van der Waals surface area (Å²) in [6.45, 7) is 5.51. The van der Waals surface area contributed by atoms with Crippen LogP contribution in [0.25, 0.3) is 0 Å². The molecule has 0 atom stereocenters. The van der Waals surface area contributed by atoms with Crippen molar-refractivity contribution < 1.29 is 9.53 Å². The number of carbonyl (C=O) groups is 1. The second-order valence-electron chi connectivity index (χ2n) is 2.12. The Labute approximate surface area is 62.9 Å². The van der Waals surface area contributed by atoms with Crippen molar-refractivity contribution in [1.29, 1.82) is 0 Å². The Morgan fingerprint density at radius 2 is 1.60 bits per heavy atom. The van der Waals surface area contributed by atoms with Crippen LogP contribution in [0.5, 0.6) is 0 Å². The van der Waals surface area contributed by atoms with E-state index in [1.165, 1.54) is 7.11 Å². The molecule has 0 aliphatic carbocycles. The average molecular weight is 144 g/mol. The maximum atomic E-state index is 10.7. The van der Waals surface area contributed by atoms with E-state index in [2.05, 4.69) is 4.74 Å². The molecule has 0 fully saturated rings. The van der Waals surface area contributed by atoms with Crippen LogP contribution in [0.1, 0.15) is 28.2 Å². The molecule has 0 aromatic rings. The van der Waals surface area contributed by atoms with Crippen molar-refractivity contribution in [2.45, 2.75) is 28.2 Å². The fourth-order valence-corrected chi connectivity index (χ4v) is 0.357. The topological polar surface area (TPSA) is 26.3 Å². The van der Waals surface area contributed by atoms with Crippen molar-refractivity contribution in [3.63, 3.8) is 0 Å². The van der Waals surface area contributed by atoms with Gasteiger partial charge in [-0.1, -0.05) is 13.0 Å². The quantitative estimate of drug-likeness (QED) is 0.416. The molecule has 2 nitrogen and oxygen atoms in total. The first-order valence-electron chi connectivity index (χ1n) is 2.82. The van der Waals surface area contributed by atoms with Crippen LogP contribution in [-0.2, 0) is 9.53 Å². The highest BCUT2D eigenvalue weighted by Gasteiger charge is 2.02. The van der Waals surface area contributed by atoms with Crippen LogP contribution in [0.2, 0.25) is 0 Å². The molecule has 0 saturated carbocycles. The summed E-state index contributed by atoms with van der Waals surface area (Å²) in [7, 11) is 1.38. The van der Waals surface area contributed by atoms with Crippen molar-refractivity contribution in [2.24, 2.45) is 0 Å². The van der Waals surface area contributed by atoms with Crippen molar-refractivity contribution >= 4 is 5.97 Å². The van der Waals surface area contributed by atoms with Gasteiger partial charge >= 0.3 is 5.97 Å². The molecule has 0 N–H and O–H groups in total. The number of methoxy groups -OCH3 is 1. The SMILES string of the molecule is C.COC(=O)C(C)=C(C)C. The first kappa shape index (κ1) is 11.9. The third kappa shape index (κ3) is 3.28. The first-order chi connectivity index (χ1) is 4.09. The minimum absolute atomic E-state index is 0. The van der Waals surface area contributed by atoms with E-state index in [-0.39, 0.29) is 13.4 Å². The summed E-state index contributed by atoms with van der Waals surface area (Å²) < 4.78 is 4.48. The zero-order valence-electron chi connectivity index (χ0n) is 6.32. The number of hydrogen-bond donors (Lipinski definition) is 0. The third-order valence-electron chi connectivity index (χ3n) is 1.24. The highest BCUT2D eigenvalue weighted by atomic mass is 16.5. The van der Waals surface area contributed by atoms with Gasteiger partial charge in [-0.15, -0.1) is 0 Å². The van der Waals surface area contributed by atoms with Crippen molar-refractivity contribution in [1.82, 2.24) is 0 Å². The average Bonchev–Trinajstić information content (AvgIpc) is 1.84. The molecule has 0 amide bonds. The minimum atomic E-state index is -0.241. The molecule has 0 spiro atoms. The molecule has 2 heteroatoms. The van der Waals surface area contributed by atoms with Gasteiger partial charge in [0.15, 0.2) is 0 Å². The molecule has 0 unspecified atom stereocenters. The lowest BCUT2D eigenvalue weighted by atomic mass is 10.2. The smallest absolute Gasteiger partial charge is 0.333 e. The Morgan fingerprint density at radius 3 is 1.70 bits per heavy atom. The summed E-state index contributed by atoms with van der Waals surface area (Å²) in [6.07, 6.45) is 0. The highest BCUT2D eigenvalue weighted by Crippen LogP contribution is 2.02. The Bertz CT molecular complexity index is 141. The number of carbonyl (C=O) groups excluding carboxylic acids is 1. The Kier molecular flexibility index (Phi) is 6.01. The van der Waals surface area contributed by atoms with Gasteiger partial charge in [0, 0.05) is 5.57 Å². The van der Waals surface area contributed by atoms with Crippen LogP contribution in [0.4, 0.5) is 0 Å². The molecule has 10 heavy (non-hydrogen) atoms.